The number of hydrogen-bond acceptors (Lipinski definition) is 3. The molecule has 12 heavy (non-hydrogen) atoms. The Bertz CT molecular complexity index is 157. The van der Waals surface area contributed by atoms with Crippen LogP contribution in [0.2, 0.25) is 0 Å². The molecule has 1 rings (SSSR count). The van der Waals surface area contributed by atoms with Gasteiger partial charge in [-0.1, -0.05) is 6.92 Å². The monoisotopic (exact) mass is 172 g/mol. The van der Waals surface area contributed by atoms with Gasteiger partial charge in [0.15, 0.2) is 6.10 Å². The summed E-state index contributed by atoms with van der Waals surface area (Å²) in [6.45, 7) is 4.13. The number of carbonyl (C=O) groups excluding carboxylic acids is 1. The van der Waals surface area contributed by atoms with Crippen molar-refractivity contribution in [3.63, 3.8) is 0 Å². The molecule has 0 aliphatic carbocycles. The fourth-order valence-corrected chi connectivity index (χ4v) is 1.70. The zero-order valence-electron chi connectivity index (χ0n) is 7.87. The van der Waals surface area contributed by atoms with Crippen LogP contribution in [0.1, 0.15) is 26.7 Å². The predicted octanol–water partition coefficient (Wildman–Crippen LogP) is 1.36. The number of rotatable bonds is 1. The summed E-state index contributed by atoms with van der Waals surface area (Å²) in [5.41, 5.74) is 0. The second kappa shape index (κ2) is 3.90. The fraction of sp³-hybridized carbons (Fsp3) is 0.889. The van der Waals surface area contributed by atoms with Gasteiger partial charge in [0.05, 0.1) is 13.2 Å². The normalized spacial score (nSPS) is 36.1. The van der Waals surface area contributed by atoms with Gasteiger partial charge in [-0.3, -0.25) is 0 Å². The maximum Gasteiger partial charge on any atom is 0.334 e. The van der Waals surface area contributed by atoms with Crippen molar-refractivity contribution in [1.82, 2.24) is 0 Å². The van der Waals surface area contributed by atoms with E-state index in [-0.39, 0.29) is 18.2 Å². The van der Waals surface area contributed by atoms with Crippen LogP contribution < -0.4 is 0 Å². The van der Waals surface area contributed by atoms with Gasteiger partial charge < -0.3 is 9.47 Å². The van der Waals surface area contributed by atoms with Crippen molar-refractivity contribution < 1.29 is 14.3 Å². The molecule has 0 aromatic heterocycles. The van der Waals surface area contributed by atoms with Crippen molar-refractivity contribution in [2.24, 2.45) is 5.92 Å². The summed E-state index contributed by atoms with van der Waals surface area (Å²) in [5.74, 6) is 0.311. The molecular weight excluding hydrogens is 156 g/mol. The van der Waals surface area contributed by atoms with Crippen LogP contribution in [-0.4, -0.2) is 25.3 Å². The van der Waals surface area contributed by atoms with E-state index in [4.69, 9.17) is 4.74 Å². The molecule has 1 heterocycles. The summed E-state index contributed by atoms with van der Waals surface area (Å²) in [4.78, 5) is 11.1. The van der Waals surface area contributed by atoms with E-state index < -0.39 is 0 Å². The Morgan fingerprint density at radius 1 is 1.42 bits per heavy atom. The molecule has 1 aliphatic rings. The van der Waals surface area contributed by atoms with E-state index in [1.54, 1.807) is 0 Å². The standard InChI is InChI=1S/C9H16O3/c1-6-4-7(2)12-8(5-6)9(10)11-3/h6-8H,4-5H2,1-3H3/t6-,7+,8-/m0/s1. The Labute approximate surface area is 73.0 Å². The molecule has 3 atom stereocenters. The van der Waals surface area contributed by atoms with Gasteiger partial charge in [0, 0.05) is 0 Å². The highest BCUT2D eigenvalue weighted by molar-refractivity contribution is 5.74. The SMILES string of the molecule is COC(=O)[C@@H]1C[C@@H](C)C[C@@H](C)O1. The van der Waals surface area contributed by atoms with Crippen molar-refractivity contribution >= 4 is 5.97 Å². The second-order valence-electron chi connectivity index (χ2n) is 3.54. The van der Waals surface area contributed by atoms with Crippen LogP contribution in [-0.2, 0) is 14.3 Å². The first kappa shape index (κ1) is 9.52. The zero-order valence-corrected chi connectivity index (χ0v) is 7.87. The molecule has 0 N–H and O–H groups in total. The molecule has 0 amide bonds. The topological polar surface area (TPSA) is 35.5 Å². The molecule has 1 fully saturated rings. The maximum atomic E-state index is 11.1. The van der Waals surface area contributed by atoms with E-state index in [9.17, 15) is 4.79 Å². The van der Waals surface area contributed by atoms with Gasteiger partial charge in [0.25, 0.3) is 0 Å². The van der Waals surface area contributed by atoms with Crippen molar-refractivity contribution in [3.05, 3.63) is 0 Å². The quantitative estimate of drug-likeness (QED) is 0.560. The lowest BCUT2D eigenvalue weighted by Gasteiger charge is -2.30. The first-order chi connectivity index (χ1) is 5.63. The van der Waals surface area contributed by atoms with Crippen LogP contribution in [0.5, 0.6) is 0 Å². The summed E-state index contributed by atoms with van der Waals surface area (Å²) in [7, 11) is 1.40. The lowest BCUT2D eigenvalue weighted by molar-refractivity contribution is -0.164. The average molecular weight is 172 g/mol. The Hall–Kier alpha value is -0.570. The highest BCUT2D eigenvalue weighted by Gasteiger charge is 2.30. The number of hydrogen-bond donors (Lipinski definition) is 0. The van der Waals surface area contributed by atoms with Crippen molar-refractivity contribution in [2.75, 3.05) is 7.11 Å². The Balaban J connectivity index is 2.49. The summed E-state index contributed by atoms with van der Waals surface area (Å²) in [6.07, 6.45) is 1.66. The molecule has 0 aromatic rings. The number of esters is 1. The summed E-state index contributed by atoms with van der Waals surface area (Å²) >= 11 is 0. The molecule has 3 nitrogen and oxygen atoms in total. The Morgan fingerprint density at radius 3 is 2.58 bits per heavy atom. The van der Waals surface area contributed by atoms with Gasteiger partial charge in [0.1, 0.15) is 0 Å². The van der Waals surface area contributed by atoms with Gasteiger partial charge in [0.2, 0.25) is 0 Å². The third kappa shape index (κ3) is 2.21. The Morgan fingerprint density at radius 2 is 2.08 bits per heavy atom. The van der Waals surface area contributed by atoms with Gasteiger partial charge in [-0.2, -0.15) is 0 Å². The van der Waals surface area contributed by atoms with Gasteiger partial charge in [-0.05, 0) is 25.7 Å². The summed E-state index contributed by atoms with van der Waals surface area (Å²) in [6, 6.07) is 0. The van der Waals surface area contributed by atoms with E-state index in [1.807, 2.05) is 6.92 Å². The molecule has 0 unspecified atom stereocenters. The molecule has 0 bridgehead atoms. The zero-order chi connectivity index (χ0) is 9.14. The van der Waals surface area contributed by atoms with E-state index in [2.05, 4.69) is 11.7 Å². The molecule has 0 spiro atoms. The summed E-state index contributed by atoms with van der Waals surface area (Å²) < 4.78 is 10.1. The second-order valence-corrected chi connectivity index (χ2v) is 3.54. The minimum atomic E-state index is -0.339. The minimum absolute atomic E-state index is 0.179. The lowest BCUT2D eigenvalue weighted by Crippen LogP contribution is -2.36. The van der Waals surface area contributed by atoms with Crippen LogP contribution in [0.25, 0.3) is 0 Å². The number of carbonyl (C=O) groups is 1. The molecule has 1 aliphatic heterocycles. The van der Waals surface area contributed by atoms with Crippen molar-refractivity contribution in [2.45, 2.75) is 38.9 Å². The average Bonchev–Trinajstić information content (AvgIpc) is 2.01. The van der Waals surface area contributed by atoms with Crippen LogP contribution in [0.15, 0.2) is 0 Å². The van der Waals surface area contributed by atoms with Gasteiger partial charge in [-0.25, -0.2) is 4.79 Å². The molecule has 0 radical (unpaired) electrons. The number of ether oxygens (including phenoxy) is 2. The van der Waals surface area contributed by atoms with E-state index in [1.165, 1.54) is 7.11 Å². The minimum Gasteiger partial charge on any atom is -0.467 e. The van der Waals surface area contributed by atoms with E-state index in [0.717, 1.165) is 12.8 Å². The predicted molar refractivity (Wildman–Crippen MR) is 44.7 cm³/mol. The molecule has 1 saturated heterocycles. The van der Waals surface area contributed by atoms with Crippen LogP contribution in [0.4, 0.5) is 0 Å². The first-order valence-corrected chi connectivity index (χ1v) is 4.36. The van der Waals surface area contributed by atoms with Crippen LogP contribution in [0.3, 0.4) is 0 Å². The summed E-state index contributed by atoms with van der Waals surface area (Å²) in [5, 5.41) is 0. The van der Waals surface area contributed by atoms with Crippen LogP contribution >= 0.6 is 0 Å². The van der Waals surface area contributed by atoms with Gasteiger partial charge >= 0.3 is 5.97 Å². The van der Waals surface area contributed by atoms with E-state index >= 15 is 0 Å². The molecule has 0 saturated carbocycles. The third-order valence-electron chi connectivity index (χ3n) is 2.21. The Kier molecular flexibility index (Phi) is 3.09. The van der Waals surface area contributed by atoms with Crippen molar-refractivity contribution in [1.29, 1.82) is 0 Å². The largest absolute Gasteiger partial charge is 0.467 e. The number of methoxy groups -OCH3 is 1. The van der Waals surface area contributed by atoms with Gasteiger partial charge in [-0.15, -0.1) is 0 Å². The fourth-order valence-electron chi connectivity index (χ4n) is 1.70. The first-order valence-electron chi connectivity index (χ1n) is 4.36. The highest BCUT2D eigenvalue weighted by Crippen LogP contribution is 2.24. The maximum absolute atomic E-state index is 11.1. The molecule has 70 valence electrons. The molecule has 3 heteroatoms. The lowest BCUT2D eigenvalue weighted by atomic mass is 9.94. The highest BCUT2D eigenvalue weighted by atomic mass is 16.6. The van der Waals surface area contributed by atoms with Crippen molar-refractivity contribution in [3.8, 4) is 0 Å². The molecule has 0 aromatic carbocycles. The third-order valence-corrected chi connectivity index (χ3v) is 2.21. The van der Waals surface area contributed by atoms with E-state index in [0.29, 0.717) is 5.92 Å². The molecular formula is C9H16O3. The smallest absolute Gasteiger partial charge is 0.334 e. The van der Waals surface area contributed by atoms with Crippen LogP contribution in [0, 0.1) is 5.92 Å².